The standard InChI is InChI=1S/C13H15NO5/c1-8(13(16)17)6-14(2)12(15)9-4-3-5-10-11(9)19-7-18-10/h3-5,8H,6-7H2,1-2H3,(H,16,17). The molecular weight excluding hydrogens is 250 g/mol. The average Bonchev–Trinajstić information content (AvgIpc) is 2.85. The Morgan fingerprint density at radius 2 is 2.16 bits per heavy atom. The molecule has 0 saturated heterocycles. The number of hydrogen-bond acceptors (Lipinski definition) is 4. The van der Waals surface area contributed by atoms with Gasteiger partial charge in [0.2, 0.25) is 6.79 Å². The molecule has 0 spiro atoms. The number of fused-ring (bicyclic) bond motifs is 1. The first-order chi connectivity index (χ1) is 9.00. The zero-order valence-corrected chi connectivity index (χ0v) is 10.8. The van der Waals surface area contributed by atoms with Gasteiger partial charge in [0, 0.05) is 13.6 Å². The van der Waals surface area contributed by atoms with Crippen LogP contribution in [-0.4, -0.2) is 42.3 Å². The summed E-state index contributed by atoms with van der Waals surface area (Å²) in [5, 5.41) is 8.86. The molecule has 0 radical (unpaired) electrons. The zero-order valence-electron chi connectivity index (χ0n) is 10.8. The van der Waals surface area contributed by atoms with Crippen LogP contribution in [0, 0.1) is 5.92 Å². The second kappa shape index (κ2) is 5.17. The van der Waals surface area contributed by atoms with Gasteiger partial charge in [-0.3, -0.25) is 9.59 Å². The highest BCUT2D eigenvalue weighted by Gasteiger charge is 2.25. The summed E-state index contributed by atoms with van der Waals surface area (Å²) in [5.74, 6) is -0.885. The number of amides is 1. The summed E-state index contributed by atoms with van der Waals surface area (Å²) in [7, 11) is 1.57. The molecule has 1 heterocycles. The van der Waals surface area contributed by atoms with Crippen molar-refractivity contribution in [3.63, 3.8) is 0 Å². The Balaban J connectivity index is 2.16. The molecule has 6 nitrogen and oxygen atoms in total. The van der Waals surface area contributed by atoms with Gasteiger partial charge in [0.15, 0.2) is 11.5 Å². The molecule has 1 aromatic rings. The predicted molar refractivity (Wildman–Crippen MR) is 66.3 cm³/mol. The number of para-hydroxylation sites is 1. The summed E-state index contributed by atoms with van der Waals surface area (Å²) < 4.78 is 10.5. The third-order valence-corrected chi connectivity index (χ3v) is 2.94. The maximum Gasteiger partial charge on any atom is 0.308 e. The normalized spacial score (nSPS) is 14.0. The highest BCUT2D eigenvalue weighted by Crippen LogP contribution is 2.35. The molecular formula is C13H15NO5. The molecule has 0 bridgehead atoms. The molecule has 0 aliphatic carbocycles. The molecule has 2 rings (SSSR count). The van der Waals surface area contributed by atoms with E-state index < -0.39 is 11.9 Å². The summed E-state index contributed by atoms with van der Waals surface area (Å²) in [6, 6.07) is 5.06. The van der Waals surface area contributed by atoms with Crippen molar-refractivity contribution in [3.05, 3.63) is 23.8 Å². The van der Waals surface area contributed by atoms with Gasteiger partial charge >= 0.3 is 5.97 Å². The van der Waals surface area contributed by atoms with E-state index in [0.717, 1.165) is 0 Å². The van der Waals surface area contributed by atoms with Crippen LogP contribution in [0.4, 0.5) is 0 Å². The first-order valence-corrected chi connectivity index (χ1v) is 5.87. The third kappa shape index (κ3) is 2.62. The second-order valence-corrected chi connectivity index (χ2v) is 4.46. The van der Waals surface area contributed by atoms with Crippen molar-refractivity contribution in [1.82, 2.24) is 4.90 Å². The highest BCUT2D eigenvalue weighted by atomic mass is 16.7. The maximum absolute atomic E-state index is 12.3. The van der Waals surface area contributed by atoms with Crippen molar-refractivity contribution < 1.29 is 24.2 Å². The lowest BCUT2D eigenvalue weighted by Gasteiger charge is -2.20. The van der Waals surface area contributed by atoms with Crippen LogP contribution in [0.25, 0.3) is 0 Å². The number of ether oxygens (including phenoxy) is 2. The van der Waals surface area contributed by atoms with E-state index in [0.29, 0.717) is 17.1 Å². The number of aliphatic carboxylic acids is 1. The number of carboxylic acids is 1. The Morgan fingerprint density at radius 1 is 1.42 bits per heavy atom. The Morgan fingerprint density at radius 3 is 2.84 bits per heavy atom. The third-order valence-electron chi connectivity index (χ3n) is 2.94. The van der Waals surface area contributed by atoms with E-state index >= 15 is 0 Å². The minimum atomic E-state index is -0.933. The number of rotatable bonds is 4. The summed E-state index contributed by atoms with van der Waals surface area (Å²) >= 11 is 0. The number of nitrogens with zero attached hydrogens (tertiary/aromatic N) is 1. The smallest absolute Gasteiger partial charge is 0.308 e. The Bertz CT molecular complexity index is 514. The van der Waals surface area contributed by atoms with Crippen molar-refractivity contribution in [3.8, 4) is 11.5 Å². The van der Waals surface area contributed by atoms with Crippen LogP contribution in [0.15, 0.2) is 18.2 Å². The fourth-order valence-corrected chi connectivity index (χ4v) is 1.88. The molecule has 1 aliphatic heterocycles. The molecule has 1 aromatic carbocycles. The van der Waals surface area contributed by atoms with Crippen LogP contribution in [-0.2, 0) is 4.79 Å². The molecule has 0 saturated carbocycles. The summed E-state index contributed by atoms with van der Waals surface area (Å²) in [4.78, 5) is 24.4. The Kier molecular flexibility index (Phi) is 3.59. The molecule has 6 heteroatoms. The van der Waals surface area contributed by atoms with Gasteiger partial charge in [0.1, 0.15) is 0 Å². The lowest BCUT2D eigenvalue weighted by atomic mass is 10.1. The van der Waals surface area contributed by atoms with Crippen LogP contribution in [0.1, 0.15) is 17.3 Å². The van der Waals surface area contributed by atoms with Crippen LogP contribution in [0.2, 0.25) is 0 Å². The molecule has 1 unspecified atom stereocenters. The summed E-state index contributed by atoms with van der Waals surface area (Å²) in [5.41, 5.74) is 0.384. The van der Waals surface area contributed by atoms with Crippen LogP contribution in [0.5, 0.6) is 11.5 Å². The van der Waals surface area contributed by atoms with Gasteiger partial charge in [-0.25, -0.2) is 0 Å². The lowest BCUT2D eigenvalue weighted by molar-refractivity contribution is -0.141. The number of carboxylic acid groups (broad SMARTS) is 1. The van der Waals surface area contributed by atoms with E-state index in [1.54, 1.807) is 32.2 Å². The van der Waals surface area contributed by atoms with Gasteiger partial charge in [0.05, 0.1) is 11.5 Å². The average molecular weight is 265 g/mol. The van der Waals surface area contributed by atoms with Crippen molar-refractivity contribution >= 4 is 11.9 Å². The van der Waals surface area contributed by atoms with Crippen molar-refractivity contribution in [2.24, 2.45) is 5.92 Å². The topological polar surface area (TPSA) is 76.1 Å². The van der Waals surface area contributed by atoms with Crippen LogP contribution >= 0.6 is 0 Å². The van der Waals surface area contributed by atoms with Crippen molar-refractivity contribution in [1.29, 1.82) is 0 Å². The molecule has 1 amide bonds. The summed E-state index contributed by atoms with van der Waals surface area (Å²) in [6.07, 6.45) is 0. The lowest BCUT2D eigenvalue weighted by Crippen LogP contribution is -2.33. The quantitative estimate of drug-likeness (QED) is 0.885. The molecule has 1 N–H and O–H groups in total. The minimum absolute atomic E-state index is 0.0921. The van der Waals surface area contributed by atoms with Gasteiger partial charge in [-0.05, 0) is 12.1 Å². The van der Waals surface area contributed by atoms with E-state index in [2.05, 4.69) is 0 Å². The number of carbonyl (C=O) groups is 2. The molecule has 0 fully saturated rings. The van der Waals surface area contributed by atoms with Gasteiger partial charge in [-0.1, -0.05) is 13.0 Å². The number of carbonyl (C=O) groups excluding carboxylic acids is 1. The van der Waals surface area contributed by atoms with Gasteiger partial charge in [-0.15, -0.1) is 0 Å². The monoisotopic (exact) mass is 265 g/mol. The fourth-order valence-electron chi connectivity index (χ4n) is 1.88. The molecule has 1 aliphatic rings. The van der Waals surface area contributed by atoms with Crippen LogP contribution < -0.4 is 9.47 Å². The molecule has 102 valence electrons. The first kappa shape index (κ1) is 13.2. The minimum Gasteiger partial charge on any atom is -0.481 e. The highest BCUT2D eigenvalue weighted by molar-refractivity contribution is 5.98. The van der Waals surface area contributed by atoms with Gasteiger partial charge in [0.25, 0.3) is 5.91 Å². The largest absolute Gasteiger partial charge is 0.481 e. The van der Waals surface area contributed by atoms with E-state index in [1.165, 1.54) is 4.90 Å². The van der Waals surface area contributed by atoms with Crippen molar-refractivity contribution in [2.45, 2.75) is 6.92 Å². The van der Waals surface area contributed by atoms with E-state index in [-0.39, 0.29) is 19.2 Å². The second-order valence-electron chi connectivity index (χ2n) is 4.46. The van der Waals surface area contributed by atoms with E-state index in [9.17, 15) is 9.59 Å². The molecule has 19 heavy (non-hydrogen) atoms. The number of hydrogen-bond donors (Lipinski definition) is 1. The zero-order chi connectivity index (χ0) is 14.0. The molecule has 1 atom stereocenters. The van der Waals surface area contributed by atoms with Gasteiger partial charge in [-0.2, -0.15) is 0 Å². The molecule has 0 aromatic heterocycles. The predicted octanol–water partition coefficient (Wildman–Crippen LogP) is 1.21. The van der Waals surface area contributed by atoms with E-state index in [4.69, 9.17) is 14.6 Å². The number of benzene rings is 1. The first-order valence-electron chi connectivity index (χ1n) is 5.87. The Hall–Kier alpha value is -2.24. The fraction of sp³-hybridized carbons (Fsp3) is 0.385. The van der Waals surface area contributed by atoms with E-state index in [1.807, 2.05) is 0 Å². The van der Waals surface area contributed by atoms with Crippen LogP contribution in [0.3, 0.4) is 0 Å². The summed E-state index contributed by atoms with van der Waals surface area (Å²) in [6.45, 7) is 1.79. The van der Waals surface area contributed by atoms with Crippen molar-refractivity contribution in [2.75, 3.05) is 20.4 Å². The Labute approximate surface area is 110 Å². The SMILES string of the molecule is CC(CN(C)C(=O)c1cccc2c1OCO2)C(=O)O. The van der Waals surface area contributed by atoms with Gasteiger partial charge < -0.3 is 19.5 Å². The maximum atomic E-state index is 12.3.